The van der Waals surface area contributed by atoms with Crippen molar-refractivity contribution in [1.29, 1.82) is 0 Å². The van der Waals surface area contributed by atoms with Crippen LogP contribution in [0, 0.1) is 12.3 Å². The van der Waals surface area contributed by atoms with Crippen molar-refractivity contribution in [1.82, 2.24) is 5.32 Å². The molecule has 0 fully saturated rings. The molecular formula is C16H21NO. The van der Waals surface area contributed by atoms with Crippen molar-refractivity contribution >= 4 is 5.91 Å². The lowest BCUT2D eigenvalue weighted by Gasteiger charge is -2.19. The molecule has 0 saturated carbocycles. The predicted octanol–water partition coefficient (Wildman–Crippen LogP) is 3.13. The van der Waals surface area contributed by atoms with Crippen molar-refractivity contribution in [3.8, 4) is 12.3 Å². The first-order valence-electron chi connectivity index (χ1n) is 6.19. The van der Waals surface area contributed by atoms with Gasteiger partial charge in [0.2, 0.25) is 0 Å². The molecule has 0 radical (unpaired) electrons. The van der Waals surface area contributed by atoms with Crippen LogP contribution in [0.5, 0.6) is 0 Å². The van der Waals surface area contributed by atoms with E-state index >= 15 is 0 Å². The third kappa shape index (κ3) is 3.92. The minimum absolute atomic E-state index is 0.00444. The first kappa shape index (κ1) is 14.3. The van der Waals surface area contributed by atoms with Crippen LogP contribution >= 0.6 is 0 Å². The summed E-state index contributed by atoms with van der Waals surface area (Å²) in [5.41, 5.74) is 1.99. The summed E-state index contributed by atoms with van der Waals surface area (Å²) in [6.45, 7) is 8.35. The van der Waals surface area contributed by atoms with Crippen molar-refractivity contribution in [2.75, 3.05) is 0 Å². The summed E-state index contributed by atoms with van der Waals surface area (Å²) < 4.78 is 0. The zero-order valence-corrected chi connectivity index (χ0v) is 11.6. The highest BCUT2D eigenvalue weighted by molar-refractivity contribution is 5.94. The minimum Gasteiger partial charge on any atom is -0.349 e. The Balaban J connectivity index is 2.74. The Morgan fingerprint density at radius 2 is 1.89 bits per heavy atom. The summed E-state index contributed by atoms with van der Waals surface area (Å²) in [6, 6.07) is 7.73. The van der Waals surface area contributed by atoms with Gasteiger partial charge in [-0.25, -0.2) is 0 Å². The van der Waals surface area contributed by atoms with Gasteiger partial charge in [-0.15, -0.1) is 12.3 Å². The normalized spacial score (nSPS) is 12.6. The molecule has 96 valence electrons. The van der Waals surface area contributed by atoms with E-state index in [4.69, 9.17) is 6.42 Å². The first-order chi connectivity index (χ1) is 8.34. The molecule has 1 atom stereocenters. The van der Waals surface area contributed by atoms with E-state index in [2.05, 4.69) is 32.0 Å². The standard InChI is InChI=1S/C16H21NO/c1-6-7-12(2)17-15(18)13-8-10-14(11-9-13)16(3,4)5/h1,8-12H,7H2,2-5H3,(H,17,18). The molecule has 1 amide bonds. The van der Waals surface area contributed by atoms with Crippen molar-refractivity contribution in [3.05, 3.63) is 35.4 Å². The highest BCUT2D eigenvalue weighted by Crippen LogP contribution is 2.22. The molecule has 1 unspecified atom stereocenters. The Hall–Kier alpha value is -1.75. The van der Waals surface area contributed by atoms with Gasteiger partial charge in [0.1, 0.15) is 0 Å². The smallest absolute Gasteiger partial charge is 0.251 e. The van der Waals surface area contributed by atoms with Crippen LogP contribution in [-0.2, 0) is 5.41 Å². The molecule has 1 aromatic carbocycles. The number of rotatable bonds is 3. The number of carbonyl (C=O) groups excluding carboxylic acids is 1. The van der Waals surface area contributed by atoms with Crippen molar-refractivity contribution in [2.45, 2.75) is 45.6 Å². The number of benzene rings is 1. The molecule has 18 heavy (non-hydrogen) atoms. The molecule has 0 aliphatic carbocycles. The molecule has 2 nitrogen and oxygen atoms in total. The number of amides is 1. The van der Waals surface area contributed by atoms with Crippen LogP contribution in [-0.4, -0.2) is 11.9 Å². The molecule has 0 saturated heterocycles. The van der Waals surface area contributed by atoms with E-state index in [1.165, 1.54) is 5.56 Å². The molecule has 0 spiro atoms. The van der Waals surface area contributed by atoms with Gasteiger partial charge in [-0.3, -0.25) is 4.79 Å². The van der Waals surface area contributed by atoms with Crippen LogP contribution in [0.1, 0.15) is 50.0 Å². The van der Waals surface area contributed by atoms with Crippen LogP contribution in [0.4, 0.5) is 0 Å². The van der Waals surface area contributed by atoms with Crippen molar-refractivity contribution in [3.63, 3.8) is 0 Å². The second-order valence-corrected chi connectivity index (χ2v) is 5.61. The molecule has 0 heterocycles. The number of terminal acetylenes is 1. The quantitative estimate of drug-likeness (QED) is 0.812. The van der Waals surface area contributed by atoms with Gasteiger partial charge in [-0.2, -0.15) is 0 Å². The molecule has 0 aromatic heterocycles. The van der Waals surface area contributed by atoms with Gasteiger partial charge in [0, 0.05) is 18.0 Å². The van der Waals surface area contributed by atoms with Crippen LogP contribution in [0.25, 0.3) is 0 Å². The highest BCUT2D eigenvalue weighted by Gasteiger charge is 2.14. The fraction of sp³-hybridized carbons (Fsp3) is 0.438. The highest BCUT2D eigenvalue weighted by atomic mass is 16.1. The fourth-order valence-electron chi connectivity index (χ4n) is 1.66. The Bertz CT molecular complexity index is 445. The maximum absolute atomic E-state index is 11.9. The van der Waals surface area contributed by atoms with Crippen LogP contribution < -0.4 is 5.32 Å². The lowest BCUT2D eigenvalue weighted by Crippen LogP contribution is -2.32. The third-order valence-corrected chi connectivity index (χ3v) is 2.81. The lowest BCUT2D eigenvalue weighted by atomic mass is 9.86. The average molecular weight is 243 g/mol. The van der Waals surface area contributed by atoms with E-state index in [0.717, 1.165) is 0 Å². The van der Waals surface area contributed by atoms with Gasteiger partial charge in [-0.1, -0.05) is 32.9 Å². The predicted molar refractivity (Wildman–Crippen MR) is 75.5 cm³/mol. The zero-order chi connectivity index (χ0) is 13.8. The van der Waals surface area contributed by atoms with E-state index in [1.807, 2.05) is 31.2 Å². The van der Waals surface area contributed by atoms with Crippen LogP contribution in [0.3, 0.4) is 0 Å². The maximum Gasteiger partial charge on any atom is 0.251 e. The van der Waals surface area contributed by atoms with E-state index in [1.54, 1.807) is 0 Å². The summed E-state index contributed by atoms with van der Waals surface area (Å²) in [5, 5.41) is 2.87. The van der Waals surface area contributed by atoms with Gasteiger partial charge in [-0.05, 0) is 30.0 Å². The van der Waals surface area contributed by atoms with E-state index < -0.39 is 0 Å². The van der Waals surface area contributed by atoms with E-state index in [9.17, 15) is 4.79 Å². The maximum atomic E-state index is 11.9. The molecule has 1 aromatic rings. The number of hydrogen-bond donors (Lipinski definition) is 1. The van der Waals surface area contributed by atoms with Gasteiger partial charge in [0.25, 0.3) is 5.91 Å². The monoisotopic (exact) mass is 243 g/mol. The first-order valence-corrected chi connectivity index (χ1v) is 6.19. The topological polar surface area (TPSA) is 29.1 Å². The molecular weight excluding hydrogens is 222 g/mol. The molecule has 2 heteroatoms. The second kappa shape index (κ2) is 5.73. The van der Waals surface area contributed by atoms with Crippen molar-refractivity contribution < 1.29 is 4.79 Å². The average Bonchev–Trinajstić information content (AvgIpc) is 2.28. The van der Waals surface area contributed by atoms with E-state index in [0.29, 0.717) is 12.0 Å². The fourth-order valence-corrected chi connectivity index (χ4v) is 1.66. The van der Waals surface area contributed by atoms with Crippen LogP contribution in [0.2, 0.25) is 0 Å². The SMILES string of the molecule is C#CCC(C)NC(=O)c1ccc(C(C)(C)C)cc1. The molecule has 1 N–H and O–H groups in total. The Morgan fingerprint density at radius 3 is 2.33 bits per heavy atom. The molecule has 0 bridgehead atoms. The van der Waals surface area contributed by atoms with Crippen LogP contribution in [0.15, 0.2) is 24.3 Å². The lowest BCUT2D eigenvalue weighted by molar-refractivity contribution is 0.0941. The van der Waals surface area contributed by atoms with Crippen molar-refractivity contribution in [2.24, 2.45) is 0 Å². The number of hydrogen-bond acceptors (Lipinski definition) is 1. The second-order valence-electron chi connectivity index (χ2n) is 5.61. The summed E-state index contributed by atoms with van der Waals surface area (Å²) >= 11 is 0. The number of carbonyl (C=O) groups is 1. The molecule has 1 rings (SSSR count). The van der Waals surface area contributed by atoms with Gasteiger partial charge in [0.05, 0.1) is 0 Å². The Labute approximate surface area is 110 Å². The van der Waals surface area contributed by atoms with Gasteiger partial charge in [0.15, 0.2) is 0 Å². The third-order valence-electron chi connectivity index (χ3n) is 2.81. The Morgan fingerprint density at radius 1 is 1.33 bits per heavy atom. The summed E-state index contributed by atoms with van der Waals surface area (Å²) in [4.78, 5) is 11.9. The summed E-state index contributed by atoms with van der Waals surface area (Å²) in [6.07, 6.45) is 5.76. The molecule has 0 aliphatic rings. The molecule has 0 aliphatic heterocycles. The number of nitrogens with one attached hydrogen (secondary N) is 1. The largest absolute Gasteiger partial charge is 0.349 e. The van der Waals surface area contributed by atoms with E-state index in [-0.39, 0.29) is 17.4 Å². The minimum atomic E-state index is -0.0711. The summed E-state index contributed by atoms with van der Waals surface area (Å²) in [5.74, 6) is 2.47. The summed E-state index contributed by atoms with van der Waals surface area (Å²) in [7, 11) is 0. The Kier molecular flexibility index (Phi) is 4.55. The zero-order valence-electron chi connectivity index (χ0n) is 11.6. The van der Waals surface area contributed by atoms with Gasteiger partial charge >= 0.3 is 0 Å². The van der Waals surface area contributed by atoms with Gasteiger partial charge < -0.3 is 5.32 Å².